The summed E-state index contributed by atoms with van der Waals surface area (Å²) in [5, 5.41) is 14.8. The molecule has 7 heteroatoms. The fourth-order valence-corrected chi connectivity index (χ4v) is 4.16. The number of aromatic nitrogens is 2. The molecule has 3 atom stereocenters. The Balaban J connectivity index is 2.03. The summed E-state index contributed by atoms with van der Waals surface area (Å²) in [4.78, 5) is 11.7. The quantitative estimate of drug-likeness (QED) is 0.337. The third kappa shape index (κ3) is 4.12. The van der Waals surface area contributed by atoms with E-state index < -0.39 is 5.76 Å². The highest BCUT2D eigenvalue weighted by molar-refractivity contribution is 6.31. The molecule has 0 saturated heterocycles. The number of aldehydes is 1. The van der Waals surface area contributed by atoms with Gasteiger partial charge in [-0.3, -0.25) is 9.48 Å². The lowest BCUT2D eigenvalue weighted by Crippen LogP contribution is -2.29. The van der Waals surface area contributed by atoms with E-state index >= 15 is 0 Å². The Labute approximate surface area is 170 Å². The van der Waals surface area contributed by atoms with Gasteiger partial charge in [0.25, 0.3) is 5.95 Å². The van der Waals surface area contributed by atoms with Crippen molar-refractivity contribution in [1.82, 2.24) is 9.78 Å². The van der Waals surface area contributed by atoms with Crippen LogP contribution in [0.25, 0.3) is 0 Å². The molecule has 1 aliphatic carbocycles. The Bertz CT molecular complexity index is 783. The summed E-state index contributed by atoms with van der Waals surface area (Å²) < 4.78 is 13.9. The van der Waals surface area contributed by atoms with Gasteiger partial charge in [-0.15, -0.1) is 0 Å². The molecule has 2 heterocycles. The van der Waals surface area contributed by atoms with Crippen molar-refractivity contribution < 1.29 is 19.4 Å². The molecule has 3 rings (SSSR count). The van der Waals surface area contributed by atoms with Crippen LogP contribution >= 0.6 is 11.6 Å². The zero-order chi connectivity index (χ0) is 20.1. The van der Waals surface area contributed by atoms with Crippen LogP contribution in [-0.4, -0.2) is 34.4 Å². The lowest BCUT2D eigenvalue weighted by Gasteiger charge is -2.34. The summed E-state index contributed by atoms with van der Waals surface area (Å²) in [6.07, 6.45) is 8.86. The van der Waals surface area contributed by atoms with Crippen LogP contribution in [-0.2, 0) is 14.3 Å². The summed E-state index contributed by atoms with van der Waals surface area (Å²) in [5.41, 5.74) is 1.12. The molecule has 0 spiro atoms. The maximum atomic E-state index is 11.7. The third-order valence-corrected chi connectivity index (χ3v) is 5.97. The summed E-state index contributed by atoms with van der Waals surface area (Å²) in [6.45, 7) is 6.26. The van der Waals surface area contributed by atoms with Gasteiger partial charge < -0.3 is 14.6 Å². The van der Waals surface area contributed by atoms with Crippen LogP contribution in [0.5, 0.6) is 0 Å². The first-order valence-electron chi connectivity index (χ1n) is 9.80. The largest absolute Gasteiger partial charge is 0.505 e. The second kappa shape index (κ2) is 9.32. The van der Waals surface area contributed by atoms with E-state index in [4.69, 9.17) is 21.1 Å². The molecule has 0 amide bonds. The fraction of sp³-hybridized carbons (Fsp3) is 0.524. The van der Waals surface area contributed by atoms with Crippen LogP contribution in [0.1, 0.15) is 56.7 Å². The summed E-state index contributed by atoms with van der Waals surface area (Å²) in [7, 11) is 0. The molecule has 1 fully saturated rings. The van der Waals surface area contributed by atoms with Crippen molar-refractivity contribution in [3.8, 4) is 0 Å². The van der Waals surface area contributed by atoms with Gasteiger partial charge in [0.05, 0.1) is 17.7 Å². The number of carbonyl (C=O) groups excluding carboxylic acids is 1. The first-order valence-corrected chi connectivity index (χ1v) is 10.2. The molecule has 152 valence electrons. The normalized spacial score (nSPS) is 27.9. The number of aliphatic hydroxyl groups is 1. The molecule has 1 aliphatic heterocycles. The van der Waals surface area contributed by atoms with Crippen molar-refractivity contribution in [2.75, 3.05) is 13.2 Å². The van der Waals surface area contributed by atoms with Gasteiger partial charge in [-0.2, -0.15) is 5.10 Å². The van der Waals surface area contributed by atoms with Gasteiger partial charge in [0.1, 0.15) is 12.2 Å². The number of nitrogens with zero attached hydrogens (tertiary/aromatic N) is 2. The van der Waals surface area contributed by atoms with Gasteiger partial charge in [0.2, 0.25) is 0 Å². The molecule has 1 aromatic rings. The molecule has 3 unspecified atom stereocenters. The molecule has 28 heavy (non-hydrogen) atoms. The van der Waals surface area contributed by atoms with Crippen molar-refractivity contribution in [1.29, 1.82) is 0 Å². The Hall–Kier alpha value is -2.21. The summed E-state index contributed by atoms with van der Waals surface area (Å²) >= 11 is 5.95. The maximum Gasteiger partial charge on any atom is 0.294 e. The first kappa shape index (κ1) is 20.5. The zero-order valence-corrected chi connectivity index (χ0v) is 16.9. The van der Waals surface area contributed by atoms with Crippen molar-refractivity contribution >= 4 is 17.9 Å². The van der Waals surface area contributed by atoms with E-state index in [1.54, 1.807) is 0 Å². The molecule has 1 N–H and O–H groups in total. The van der Waals surface area contributed by atoms with Crippen LogP contribution in [0.3, 0.4) is 0 Å². The summed E-state index contributed by atoms with van der Waals surface area (Å²) in [5.74, 6) is 0.246. The number of fused-ring (bicyclic) bond motifs is 3. The number of hydrogen-bond acceptors (Lipinski definition) is 5. The van der Waals surface area contributed by atoms with E-state index in [0.29, 0.717) is 18.8 Å². The molecule has 1 saturated carbocycles. The predicted octanol–water partition coefficient (Wildman–Crippen LogP) is 4.76. The van der Waals surface area contributed by atoms with Crippen molar-refractivity contribution in [3.05, 3.63) is 52.9 Å². The van der Waals surface area contributed by atoms with E-state index in [-0.39, 0.29) is 35.1 Å². The second-order valence-corrected chi connectivity index (χ2v) is 7.66. The molecule has 0 bridgehead atoms. The van der Waals surface area contributed by atoms with Gasteiger partial charge in [-0.25, -0.2) is 0 Å². The highest BCUT2D eigenvalue weighted by atomic mass is 35.5. The topological polar surface area (TPSA) is 73.6 Å². The molecular formula is C21H27ClN2O4. The monoisotopic (exact) mass is 406 g/mol. The molecule has 6 nitrogen and oxygen atoms in total. The summed E-state index contributed by atoms with van der Waals surface area (Å²) in [6, 6.07) is 2.09. The third-order valence-electron chi connectivity index (χ3n) is 5.64. The highest BCUT2D eigenvalue weighted by Gasteiger charge is 2.33. The van der Waals surface area contributed by atoms with E-state index in [2.05, 4.69) is 29.3 Å². The van der Waals surface area contributed by atoms with Crippen LogP contribution in [0, 0.1) is 5.92 Å². The van der Waals surface area contributed by atoms with Gasteiger partial charge in [-0.1, -0.05) is 37.9 Å². The van der Waals surface area contributed by atoms with Crippen molar-refractivity contribution in [2.24, 2.45) is 5.92 Å². The van der Waals surface area contributed by atoms with E-state index in [9.17, 15) is 9.90 Å². The van der Waals surface area contributed by atoms with E-state index in [0.717, 1.165) is 25.7 Å². The predicted molar refractivity (Wildman–Crippen MR) is 107 cm³/mol. The number of carbonyl (C=O) groups is 1. The lowest BCUT2D eigenvalue weighted by atomic mass is 9.77. The van der Waals surface area contributed by atoms with Gasteiger partial charge in [0.15, 0.2) is 12.0 Å². The number of aliphatic hydroxyl groups excluding tert-OH is 1. The zero-order valence-electron chi connectivity index (χ0n) is 16.1. The second-order valence-electron chi connectivity index (χ2n) is 7.26. The Morgan fingerprint density at radius 1 is 1.39 bits per heavy atom. The Kier molecular flexibility index (Phi) is 6.83. The van der Waals surface area contributed by atoms with Crippen LogP contribution < -0.4 is 0 Å². The standard InChI is InChI=1S/C21H27ClN2O4/c1-3-15-13-28-21(17(11-25)20(26)18(22)4-2)27-12-14-7-5-6-8-16(14)19-9-10-23-24(15)19/h4,9-11,14-16,26H,2-3,5-8,12-13H2,1H3/b20-18-,21-17-. The van der Waals surface area contributed by atoms with E-state index in [1.165, 1.54) is 18.2 Å². The van der Waals surface area contributed by atoms with Crippen LogP contribution in [0.15, 0.2) is 47.2 Å². The Morgan fingerprint density at radius 2 is 2.14 bits per heavy atom. The average Bonchev–Trinajstić information content (AvgIpc) is 3.21. The maximum absolute atomic E-state index is 11.7. The SMILES string of the molecule is C=C/C(Cl)=C(O)\C(C=O)=C1\OCC2CCCCC2c2ccnn2C(CC)CO1. The molecule has 1 aromatic heterocycles. The van der Waals surface area contributed by atoms with Gasteiger partial charge in [0, 0.05) is 23.7 Å². The van der Waals surface area contributed by atoms with Gasteiger partial charge >= 0.3 is 0 Å². The number of allylic oxidation sites excluding steroid dienone is 3. The highest BCUT2D eigenvalue weighted by Crippen LogP contribution is 2.40. The van der Waals surface area contributed by atoms with Crippen LogP contribution in [0.4, 0.5) is 0 Å². The smallest absolute Gasteiger partial charge is 0.294 e. The van der Waals surface area contributed by atoms with Crippen molar-refractivity contribution in [3.63, 3.8) is 0 Å². The fourth-order valence-electron chi connectivity index (χ4n) is 4.06. The van der Waals surface area contributed by atoms with Crippen molar-refractivity contribution in [2.45, 2.75) is 51.0 Å². The Morgan fingerprint density at radius 3 is 2.86 bits per heavy atom. The molecule has 0 aromatic carbocycles. The number of hydrogen-bond donors (Lipinski definition) is 1. The minimum atomic E-state index is -0.397. The lowest BCUT2D eigenvalue weighted by molar-refractivity contribution is -0.105. The molecule has 0 radical (unpaired) electrons. The number of halogens is 1. The number of rotatable bonds is 4. The first-order chi connectivity index (χ1) is 13.6. The minimum Gasteiger partial charge on any atom is -0.505 e. The average molecular weight is 407 g/mol. The number of ether oxygens (including phenoxy) is 2. The van der Waals surface area contributed by atoms with Crippen LogP contribution in [0.2, 0.25) is 0 Å². The van der Waals surface area contributed by atoms with E-state index in [1.807, 2.05) is 6.20 Å². The minimum absolute atomic E-state index is 0.00169. The van der Waals surface area contributed by atoms with Gasteiger partial charge in [-0.05, 0) is 31.4 Å². The molecular weight excluding hydrogens is 380 g/mol. The molecule has 2 aliphatic rings.